The van der Waals surface area contributed by atoms with Crippen molar-refractivity contribution in [2.75, 3.05) is 7.11 Å². The first kappa shape index (κ1) is 13.6. The number of benzene rings is 2. The second-order valence-electron chi connectivity index (χ2n) is 3.84. The molecule has 0 amide bonds. The third-order valence-corrected chi connectivity index (χ3v) is 4.01. The maximum Gasteiger partial charge on any atom is 0.236 e. The summed E-state index contributed by atoms with van der Waals surface area (Å²) in [4.78, 5) is 0. The van der Waals surface area contributed by atoms with Crippen LogP contribution in [-0.2, 0) is 14.8 Å². The number of ether oxygens (including phenoxy) is 1. The monoisotopic (exact) mass is 348 g/mol. The second kappa shape index (κ2) is 5.07. The van der Waals surface area contributed by atoms with Gasteiger partial charge < -0.3 is 4.74 Å². The Morgan fingerprint density at radius 3 is 2.56 bits per heavy atom. The lowest BCUT2D eigenvalue weighted by atomic mass is 10.1. The summed E-state index contributed by atoms with van der Waals surface area (Å²) in [5, 5.41) is 1.91. The van der Waals surface area contributed by atoms with Crippen LogP contribution in [0.25, 0.3) is 10.8 Å². The van der Waals surface area contributed by atoms with Crippen molar-refractivity contribution in [3.63, 3.8) is 0 Å². The number of halogens is 2. The van der Waals surface area contributed by atoms with Gasteiger partial charge in [-0.15, -0.1) is 0 Å². The molecule has 0 aliphatic rings. The molecule has 2 aromatic rings. The Labute approximate surface area is 118 Å². The predicted octanol–water partition coefficient (Wildman–Crippen LogP) is 3.68. The lowest BCUT2D eigenvalue weighted by Crippen LogP contribution is -1.98. The summed E-state index contributed by atoms with van der Waals surface area (Å²) < 4.78 is 28.5. The highest BCUT2D eigenvalue weighted by molar-refractivity contribution is 9.10. The average molecular weight is 350 g/mol. The highest BCUT2D eigenvalue weighted by Gasteiger charge is 2.13. The van der Waals surface area contributed by atoms with Crippen LogP contribution in [0.4, 0.5) is 0 Å². The van der Waals surface area contributed by atoms with Gasteiger partial charge in [0.15, 0.2) is 0 Å². The largest absolute Gasteiger partial charge is 0.496 e. The van der Waals surface area contributed by atoms with E-state index in [1.54, 1.807) is 12.1 Å². The molecule has 0 atom stereocenters. The van der Waals surface area contributed by atoms with Crippen molar-refractivity contribution < 1.29 is 13.2 Å². The zero-order valence-corrected chi connectivity index (χ0v) is 12.6. The van der Waals surface area contributed by atoms with Gasteiger partial charge >= 0.3 is 0 Å². The first-order valence-corrected chi connectivity index (χ1v) is 8.35. The molecule has 2 rings (SSSR count). The van der Waals surface area contributed by atoms with Crippen molar-refractivity contribution in [1.82, 2.24) is 0 Å². The van der Waals surface area contributed by atoms with E-state index in [4.69, 9.17) is 15.4 Å². The Kier molecular flexibility index (Phi) is 3.84. The summed E-state index contributed by atoms with van der Waals surface area (Å²) in [7, 11) is 3.18. The number of hydrogen-bond acceptors (Lipinski definition) is 3. The van der Waals surface area contributed by atoms with E-state index in [1.165, 1.54) is 7.11 Å². The minimum absolute atomic E-state index is 0.250. The molecule has 0 saturated carbocycles. The van der Waals surface area contributed by atoms with Gasteiger partial charge in [0.25, 0.3) is 0 Å². The molecule has 0 heterocycles. The van der Waals surface area contributed by atoms with E-state index >= 15 is 0 Å². The first-order chi connectivity index (χ1) is 8.39. The highest BCUT2D eigenvalue weighted by atomic mass is 79.9. The average Bonchev–Trinajstić information content (AvgIpc) is 2.25. The van der Waals surface area contributed by atoms with E-state index in [2.05, 4.69) is 15.9 Å². The lowest BCUT2D eigenvalue weighted by Gasteiger charge is -2.09. The molecule has 0 fully saturated rings. The van der Waals surface area contributed by atoms with Crippen LogP contribution in [-0.4, -0.2) is 15.5 Å². The number of methoxy groups -OCH3 is 1. The topological polar surface area (TPSA) is 43.4 Å². The van der Waals surface area contributed by atoms with Crippen LogP contribution in [0.2, 0.25) is 0 Å². The summed E-state index contributed by atoms with van der Waals surface area (Å²) in [6.45, 7) is 0. The van der Waals surface area contributed by atoms with Crippen LogP contribution in [0, 0.1) is 0 Å². The zero-order valence-electron chi connectivity index (χ0n) is 9.48. The van der Waals surface area contributed by atoms with E-state index in [1.807, 2.05) is 18.2 Å². The van der Waals surface area contributed by atoms with Gasteiger partial charge in [-0.05, 0) is 35.0 Å². The number of rotatable bonds is 3. The predicted molar refractivity (Wildman–Crippen MR) is 76.7 cm³/mol. The maximum atomic E-state index is 11.2. The molecule has 0 radical (unpaired) electrons. The summed E-state index contributed by atoms with van der Waals surface area (Å²) in [6, 6.07) is 9.35. The van der Waals surface area contributed by atoms with Gasteiger partial charge in [0.05, 0.1) is 12.9 Å². The van der Waals surface area contributed by atoms with Crippen molar-refractivity contribution in [3.05, 3.63) is 40.4 Å². The van der Waals surface area contributed by atoms with Gasteiger partial charge in [0.1, 0.15) is 5.75 Å². The standard InChI is InChI=1S/C12H10BrClO3S/c1-17-12-6-8-2-3-11(13)5-9(8)4-10(12)7-18(14,15)16/h2-6H,7H2,1H3. The van der Waals surface area contributed by atoms with E-state index in [9.17, 15) is 8.42 Å². The Morgan fingerprint density at radius 1 is 1.22 bits per heavy atom. The van der Waals surface area contributed by atoms with Gasteiger partial charge in [0, 0.05) is 20.7 Å². The Balaban J connectivity index is 2.63. The number of fused-ring (bicyclic) bond motifs is 1. The maximum absolute atomic E-state index is 11.2. The molecule has 18 heavy (non-hydrogen) atoms. The van der Waals surface area contributed by atoms with Crippen molar-refractivity contribution in [2.24, 2.45) is 0 Å². The minimum Gasteiger partial charge on any atom is -0.496 e. The Morgan fingerprint density at radius 2 is 1.94 bits per heavy atom. The normalized spacial score (nSPS) is 11.7. The molecule has 0 spiro atoms. The molecule has 0 bridgehead atoms. The first-order valence-electron chi connectivity index (χ1n) is 5.07. The van der Waals surface area contributed by atoms with E-state index < -0.39 is 9.05 Å². The van der Waals surface area contributed by atoms with Crippen molar-refractivity contribution in [2.45, 2.75) is 5.75 Å². The van der Waals surface area contributed by atoms with Crippen molar-refractivity contribution in [1.29, 1.82) is 0 Å². The molecule has 0 aliphatic heterocycles. The van der Waals surface area contributed by atoms with Gasteiger partial charge in [-0.1, -0.05) is 22.0 Å². The quantitative estimate of drug-likeness (QED) is 0.794. The van der Waals surface area contributed by atoms with Gasteiger partial charge in [-0.3, -0.25) is 0 Å². The third kappa shape index (κ3) is 3.16. The molecule has 0 N–H and O–H groups in total. The van der Waals surface area contributed by atoms with E-state index in [0.717, 1.165) is 15.2 Å². The molecule has 0 unspecified atom stereocenters. The van der Waals surface area contributed by atoms with E-state index in [0.29, 0.717) is 11.3 Å². The minimum atomic E-state index is -3.61. The van der Waals surface area contributed by atoms with Crippen LogP contribution in [0.15, 0.2) is 34.8 Å². The van der Waals surface area contributed by atoms with Crippen LogP contribution in [0.5, 0.6) is 5.75 Å². The molecule has 2 aromatic carbocycles. The summed E-state index contributed by atoms with van der Waals surface area (Å²) in [5.41, 5.74) is 0.554. The molecular formula is C12H10BrClO3S. The van der Waals surface area contributed by atoms with Crippen LogP contribution >= 0.6 is 26.6 Å². The molecule has 6 heteroatoms. The Bertz CT molecular complexity index is 698. The van der Waals surface area contributed by atoms with E-state index in [-0.39, 0.29) is 5.75 Å². The lowest BCUT2D eigenvalue weighted by molar-refractivity contribution is 0.411. The Hall–Kier alpha value is -0.780. The highest BCUT2D eigenvalue weighted by Crippen LogP contribution is 2.29. The fraction of sp³-hybridized carbons (Fsp3) is 0.167. The zero-order chi connectivity index (χ0) is 13.3. The van der Waals surface area contributed by atoms with Crippen molar-refractivity contribution in [3.8, 4) is 5.75 Å². The molecule has 0 aliphatic carbocycles. The fourth-order valence-electron chi connectivity index (χ4n) is 1.78. The summed E-state index contributed by atoms with van der Waals surface area (Å²) >= 11 is 3.38. The summed E-state index contributed by atoms with van der Waals surface area (Å²) in [5.74, 6) is 0.272. The van der Waals surface area contributed by atoms with Crippen LogP contribution in [0.1, 0.15) is 5.56 Å². The molecule has 0 saturated heterocycles. The summed E-state index contributed by atoms with van der Waals surface area (Å²) in [6.07, 6.45) is 0. The van der Waals surface area contributed by atoms with Gasteiger partial charge in [-0.25, -0.2) is 8.42 Å². The van der Waals surface area contributed by atoms with Crippen molar-refractivity contribution >= 4 is 46.4 Å². The van der Waals surface area contributed by atoms with Gasteiger partial charge in [0.2, 0.25) is 9.05 Å². The smallest absolute Gasteiger partial charge is 0.236 e. The SMILES string of the molecule is COc1cc2ccc(Br)cc2cc1CS(=O)(=O)Cl. The van der Waals surface area contributed by atoms with Gasteiger partial charge in [-0.2, -0.15) is 0 Å². The van der Waals surface area contributed by atoms with Crippen LogP contribution < -0.4 is 4.74 Å². The molecular weight excluding hydrogens is 340 g/mol. The molecule has 96 valence electrons. The van der Waals surface area contributed by atoms with Crippen LogP contribution in [0.3, 0.4) is 0 Å². The fourth-order valence-corrected chi connectivity index (χ4v) is 3.11. The molecule has 3 nitrogen and oxygen atoms in total. The third-order valence-electron chi connectivity index (χ3n) is 2.53. The second-order valence-corrected chi connectivity index (χ2v) is 7.53. The number of hydrogen-bond donors (Lipinski definition) is 0. The molecule has 0 aromatic heterocycles.